The Hall–Kier alpha value is -1.26. The number of hydrogen-bond acceptors (Lipinski definition) is 2. The quantitative estimate of drug-likeness (QED) is 0.762. The van der Waals surface area contributed by atoms with Crippen LogP contribution in [0.5, 0.6) is 0 Å². The van der Waals surface area contributed by atoms with E-state index in [-0.39, 0.29) is 31.1 Å². The number of amides is 2. The van der Waals surface area contributed by atoms with Crippen molar-refractivity contribution in [3.63, 3.8) is 0 Å². The zero-order valence-electron chi connectivity index (χ0n) is 12.1. The number of rotatable bonds is 7. The second-order valence-corrected chi connectivity index (χ2v) is 4.76. The maximum absolute atomic E-state index is 12.4. The predicted molar refractivity (Wildman–Crippen MR) is 71.6 cm³/mol. The van der Waals surface area contributed by atoms with Crippen molar-refractivity contribution in [1.29, 1.82) is 0 Å². The van der Waals surface area contributed by atoms with Gasteiger partial charge >= 0.3 is 12.0 Å². The molecule has 0 bridgehead atoms. The Balaban J connectivity index is 4.77. The fourth-order valence-corrected chi connectivity index (χ4v) is 1.81. The number of hydrogen-bond donors (Lipinski definition) is 1. The summed E-state index contributed by atoms with van der Waals surface area (Å²) >= 11 is 0. The number of carboxylic acid groups (broad SMARTS) is 1. The van der Waals surface area contributed by atoms with Crippen molar-refractivity contribution in [3.8, 4) is 0 Å². The minimum Gasteiger partial charge on any atom is -0.481 e. The van der Waals surface area contributed by atoms with Gasteiger partial charge in [0.05, 0.1) is 6.42 Å². The van der Waals surface area contributed by atoms with Crippen LogP contribution >= 0.6 is 0 Å². The minimum atomic E-state index is -0.875. The predicted octanol–water partition coefficient (Wildman–Crippen LogP) is 2.41. The van der Waals surface area contributed by atoms with Crippen molar-refractivity contribution in [2.75, 3.05) is 13.1 Å². The Morgan fingerprint density at radius 3 is 2.00 bits per heavy atom. The van der Waals surface area contributed by atoms with Gasteiger partial charge in [0.15, 0.2) is 0 Å². The second-order valence-electron chi connectivity index (χ2n) is 4.76. The molecular formula is C13H26N2O3. The molecule has 0 spiro atoms. The van der Waals surface area contributed by atoms with Gasteiger partial charge in [-0.25, -0.2) is 4.79 Å². The zero-order chi connectivity index (χ0) is 14.3. The van der Waals surface area contributed by atoms with Crippen LogP contribution in [-0.2, 0) is 4.79 Å². The monoisotopic (exact) mass is 258 g/mol. The number of carbonyl (C=O) groups is 2. The summed E-state index contributed by atoms with van der Waals surface area (Å²) < 4.78 is 0. The normalized spacial score (nSPS) is 12.3. The fraction of sp³-hybridized carbons (Fsp3) is 0.846. The van der Waals surface area contributed by atoms with E-state index < -0.39 is 5.97 Å². The molecule has 0 saturated heterocycles. The molecule has 0 radical (unpaired) electrons. The first-order chi connectivity index (χ1) is 8.34. The van der Waals surface area contributed by atoms with Crippen molar-refractivity contribution >= 4 is 12.0 Å². The van der Waals surface area contributed by atoms with Gasteiger partial charge < -0.3 is 14.9 Å². The third-order valence-electron chi connectivity index (χ3n) is 3.14. The SMILES string of the molecule is CCC(C)N(CC)C(=O)N(CCC(=O)O)C(C)C. The molecule has 0 aromatic carbocycles. The lowest BCUT2D eigenvalue weighted by atomic mass is 10.2. The van der Waals surface area contributed by atoms with Gasteiger partial charge in [-0.2, -0.15) is 0 Å². The lowest BCUT2D eigenvalue weighted by Gasteiger charge is -2.35. The minimum absolute atomic E-state index is 0.00922. The van der Waals surface area contributed by atoms with E-state index in [4.69, 9.17) is 5.11 Å². The van der Waals surface area contributed by atoms with Crippen molar-refractivity contribution in [2.24, 2.45) is 0 Å². The number of carboxylic acids is 1. The van der Waals surface area contributed by atoms with E-state index in [9.17, 15) is 9.59 Å². The third kappa shape index (κ3) is 4.94. The average molecular weight is 258 g/mol. The van der Waals surface area contributed by atoms with Gasteiger partial charge in [0.25, 0.3) is 0 Å². The molecule has 5 heteroatoms. The van der Waals surface area contributed by atoms with E-state index >= 15 is 0 Å². The molecule has 0 aliphatic rings. The summed E-state index contributed by atoms with van der Waals surface area (Å²) in [5.74, 6) is -0.875. The molecule has 1 N–H and O–H groups in total. The van der Waals surface area contributed by atoms with E-state index in [0.29, 0.717) is 6.54 Å². The van der Waals surface area contributed by atoms with E-state index in [1.807, 2.05) is 34.6 Å². The molecule has 106 valence electrons. The summed E-state index contributed by atoms with van der Waals surface area (Å²) in [4.78, 5) is 26.4. The number of carbonyl (C=O) groups excluding carboxylic acids is 1. The van der Waals surface area contributed by atoms with Gasteiger partial charge in [-0.3, -0.25) is 4.79 Å². The molecule has 18 heavy (non-hydrogen) atoms. The molecule has 0 heterocycles. The van der Waals surface area contributed by atoms with Crippen molar-refractivity contribution in [2.45, 2.75) is 59.5 Å². The van der Waals surface area contributed by atoms with Crippen molar-refractivity contribution < 1.29 is 14.7 Å². The number of aliphatic carboxylic acids is 1. The van der Waals surface area contributed by atoms with Crippen LogP contribution in [0.3, 0.4) is 0 Å². The molecular weight excluding hydrogens is 232 g/mol. The molecule has 0 fully saturated rings. The molecule has 0 aromatic heterocycles. The van der Waals surface area contributed by atoms with Crippen LogP contribution in [0.2, 0.25) is 0 Å². The Kier molecular flexibility index (Phi) is 7.39. The molecule has 0 aliphatic heterocycles. The van der Waals surface area contributed by atoms with Crippen LogP contribution in [0.1, 0.15) is 47.5 Å². The Bertz CT molecular complexity index is 279. The Morgan fingerprint density at radius 2 is 1.67 bits per heavy atom. The summed E-state index contributed by atoms with van der Waals surface area (Å²) in [6.07, 6.45) is 0.881. The highest BCUT2D eigenvalue weighted by molar-refractivity contribution is 5.76. The number of nitrogens with zero attached hydrogens (tertiary/aromatic N) is 2. The van der Waals surface area contributed by atoms with Crippen LogP contribution in [-0.4, -0.2) is 52.1 Å². The van der Waals surface area contributed by atoms with Gasteiger partial charge in [0.2, 0.25) is 0 Å². The van der Waals surface area contributed by atoms with Crippen molar-refractivity contribution in [1.82, 2.24) is 9.80 Å². The second kappa shape index (κ2) is 7.95. The maximum atomic E-state index is 12.4. The molecule has 1 unspecified atom stereocenters. The highest BCUT2D eigenvalue weighted by atomic mass is 16.4. The highest BCUT2D eigenvalue weighted by Gasteiger charge is 2.25. The van der Waals surface area contributed by atoms with E-state index in [2.05, 4.69) is 0 Å². The fourth-order valence-electron chi connectivity index (χ4n) is 1.81. The van der Waals surface area contributed by atoms with Crippen LogP contribution in [0.15, 0.2) is 0 Å². The Morgan fingerprint density at radius 1 is 1.11 bits per heavy atom. The summed E-state index contributed by atoms with van der Waals surface area (Å²) in [5.41, 5.74) is 0. The summed E-state index contributed by atoms with van der Waals surface area (Å²) in [6, 6.07) is 0.117. The summed E-state index contributed by atoms with van der Waals surface area (Å²) in [6.45, 7) is 10.7. The van der Waals surface area contributed by atoms with Crippen LogP contribution in [0.25, 0.3) is 0 Å². The molecule has 0 saturated carbocycles. The smallest absolute Gasteiger partial charge is 0.320 e. The molecule has 0 aliphatic carbocycles. The molecule has 5 nitrogen and oxygen atoms in total. The first-order valence-corrected chi connectivity index (χ1v) is 6.64. The van der Waals surface area contributed by atoms with E-state index in [0.717, 1.165) is 6.42 Å². The zero-order valence-corrected chi connectivity index (χ0v) is 12.1. The standard InChI is InChI=1S/C13H26N2O3/c1-6-11(5)14(7-2)13(18)15(10(3)4)9-8-12(16)17/h10-11H,6-9H2,1-5H3,(H,16,17). The topological polar surface area (TPSA) is 60.9 Å². The Labute approximate surface area is 110 Å². The molecule has 0 rings (SSSR count). The molecule has 2 amide bonds. The summed E-state index contributed by atoms with van der Waals surface area (Å²) in [5, 5.41) is 8.73. The first kappa shape index (κ1) is 16.7. The highest BCUT2D eigenvalue weighted by Crippen LogP contribution is 2.11. The van der Waals surface area contributed by atoms with Gasteiger partial charge in [-0.15, -0.1) is 0 Å². The largest absolute Gasteiger partial charge is 0.481 e. The van der Waals surface area contributed by atoms with Crippen LogP contribution in [0.4, 0.5) is 4.79 Å². The van der Waals surface area contributed by atoms with Gasteiger partial charge in [0.1, 0.15) is 0 Å². The lowest BCUT2D eigenvalue weighted by Crippen LogP contribution is -2.50. The van der Waals surface area contributed by atoms with Crippen LogP contribution < -0.4 is 0 Å². The van der Waals surface area contributed by atoms with E-state index in [1.54, 1.807) is 9.80 Å². The molecule has 1 atom stereocenters. The van der Waals surface area contributed by atoms with Gasteiger partial charge in [-0.05, 0) is 34.1 Å². The van der Waals surface area contributed by atoms with E-state index in [1.165, 1.54) is 0 Å². The van der Waals surface area contributed by atoms with Crippen molar-refractivity contribution in [3.05, 3.63) is 0 Å². The van der Waals surface area contributed by atoms with Gasteiger partial charge in [0, 0.05) is 25.2 Å². The third-order valence-corrected chi connectivity index (χ3v) is 3.14. The first-order valence-electron chi connectivity index (χ1n) is 6.64. The number of urea groups is 1. The van der Waals surface area contributed by atoms with Crippen LogP contribution in [0, 0.1) is 0 Å². The maximum Gasteiger partial charge on any atom is 0.320 e. The lowest BCUT2D eigenvalue weighted by molar-refractivity contribution is -0.137. The summed E-state index contributed by atoms with van der Waals surface area (Å²) in [7, 11) is 0. The molecule has 0 aromatic rings. The van der Waals surface area contributed by atoms with Gasteiger partial charge in [-0.1, -0.05) is 6.92 Å². The average Bonchev–Trinajstić information content (AvgIpc) is 2.28.